The van der Waals surface area contributed by atoms with Crippen LogP contribution in [0.3, 0.4) is 0 Å². The van der Waals surface area contributed by atoms with Crippen molar-refractivity contribution in [3.8, 4) is 0 Å². The van der Waals surface area contributed by atoms with E-state index in [1.54, 1.807) is 22.7 Å². The van der Waals surface area contributed by atoms with E-state index in [4.69, 9.17) is 0 Å². The minimum Gasteiger partial charge on any atom is -0.293 e. The molecule has 0 saturated carbocycles. The Labute approximate surface area is 217 Å². The summed E-state index contributed by atoms with van der Waals surface area (Å²) >= 11 is 3.26. The first-order valence-corrected chi connectivity index (χ1v) is 14.4. The lowest BCUT2D eigenvalue weighted by Gasteiger charge is -2.09. The highest BCUT2D eigenvalue weighted by molar-refractivity contribution is 7.21. The van der Waals surface area contributed by atoms with Gasteiger partial charge in [0.2, 0.25) is 0 Å². The summed E-state index contributed by atoms with van der Waals surface area (Å²) in [6.45, 7) is 12.7. The molecule has 2 heterocycles. The SMILES string of the molecule is Cc1cc2sc(C(=O)CC(C)C)cc2cc1CCCc1cc2cc(C(=O)CC(C)C)sc2cc1C. The second-order valence-corrected chi connectivity index (χ2v) is 12.9. The van der Waals surface area contributed by atoms with Crippen molar-refractivity contribution >= 4 is 54.4 Å². The van der Waals surface area contributed by atoms with Crippen LogP contribution in [0.2, 0.25) is 0 Å². The third-order valence-electron chi connectivity index (χ3n) is 6.58. The van der Waals surface area contributed by atoms with Crippen LogP contribution in [0.5, 0.6) is 0 Å². The Morgan fingerprint density at radius 3 is 1.43 bits per heavy atom. The predicted molar refractivity (Wildman–Crippen MR) is 153 cm³/mol. The zero-order valence-corrected chi connectivity index (χ0v) is 23.4. The number of carbonyl (C=O) groups is 2. The van der Waals surface area contributed by atoms with Gasteiger partial charge in [-0.15, -0.1) is 22.7 Å². The number of hydrogen-bond donors (Lipinski definition) is 0. The summed E-state index contributed by atoms with van der Waals surface area (Å²) < 4.78 is 2.42. The molecule has 0 bridgehead atoms. The molecule has 4 heteroatoms. The Morgan fingerprint density at radius 2 is 1.06 bits per heavy atom. The minimum absolute atomic E-state index is 0.258. The fourth-order valence-corrected chi connectivity index (χ4v) is 6.88. The van der Waals surface area contributed by atoms with E-state index in [0.717, 1.165) is 29.0 Å². The van der Waals surface area contributed by atoms with Gasteiger partial charge >= 0.3 is 0 Å². The molecule has 0 atom stereocenters. The number of rotatable bonds is 10. The molecule has 0 aliphatic heterocycles. The molecule has 0 fully saturated rings. The van der Waals surface area contributed by atoms with Gasteiger partial charge in [0, 0.05) is 22.2 Å². The summed E-state index contributed by atoms with van der Waals surface area (Å²) in [5.41, 5.74) is 5.35. The first-order chi connectivity index (χ1) is 16.6. The quantitative estimate of drug-likeness (QED) is 0.202. The summed E-state index contributed by atoms with van der Waals surface area (Å²) in [6.07, 6.45) is 4.34. The van der Waals surface area contributed by atoms with Crippen LogP contribution < -0.4 is 0 Å². The molecule has 0 aliphatic rings. The van der Waals surface area contributed by atoms with Crippen LogP contribution >= 0.6 is 22.7 Å². The molecule has 0 unspecified atom stereocenters. The number of Topliss-reactive ketones (excluding diaryl/α,β-unsaturated/α-hetero) is 2. The normalized spacial score (nSPS) is 11.9. The van der Waals surface area contributed by atoms with Gasteiger partial charge in [-0.3, -0.25) is 9.59 Å². The smallest absolute Gasteiger partial charge is 0.173 e. The summed E-state index contributed by atoms with van der Waals surface area (Å²) in [5, 5.41) is 2.38. The fourth-order valence-electron chi connectivity index (χ4n) is 4.70. The van der Waals surface area contributed by atoms with Gasteiger partial charge in [0.05, 0.1) is 9.75 Å². The van der Waals surface area contributed by atoms with Crippen LogP contribution in [0.4, 0.5) is 0 Å². The van der Waals surface area contributed by atoms with Crippen LogP contribution in [0.1, 0.15) is 88.6 Å². The van der Waals surface area contributed by atoms with Crippen molar-refractivity contribution < 1.29 is 9.59 Å². The second-order valence-electron chi connectivity index (χ2n) is 10.8. The zero-order valence-electron chi connectivity index (χ0n) is 21.8. The molecule has 0 radical (unpaired) electrons. The van der Waals surface area contributed by atoms with Gasteiger partial charge in [0.15, 0.2) is 11.6 Å². The van der Waals surface area contributed by atoms with E-state index in [0.29, 0.717) is 24.7 Å². The minimum atomic E-state index is 0.258. The zero-order chi connectivity index (χ0) is 25.3. The van der Waals surface area contributed by atoms with E-state index in [1.165, 1.54) is 42.4 Å². The van der Waals surface area contributed by atoms with Gasteiger partial charge in [-0.05, 0) is 102 Å². The molecular weight excluding hydrogens is 468 g/mol. The predicted octanol–water partition coefficient (Wildman–Crippen LogP) is 9.37. The molecule has 0 amide bonds. The third kappa shape index (κ3) is 6.10. The van der Waals surface area contributed by atoms with Crippen LogP contribution in [0, 0.1) is 25.7 Å². The van der Waals surface area contributed by atoms with Crippen molar-refractivity contribution in [2.75, 3.05) is 0 Å². The van der Waals surface area contributed by atoms with E-state index < -0.39 is 0 Å². The van der Waals surface area contributed by atoms with Crippen molar-refractivity contribution in [2.45, 2.75) is 73.6 Å². The molecule has 4 rings (SSSR count). The summed E-state index contributed by atoms with van der Waals surface area (Å²) in [7, 11) is 0. The van der Waals surface area contributed by atoms with Gasteiger partial charge in [0.1, 0.15) is 0 Å². The molecule has 4 aromatic rings. The van der Waals surface area contributed by atoms with Crippen molar-refractivity contribution in [1.29, 1.82) is 0 Å². The first kappa shape index (κ1) is 25.8. The number of carbonyl (C=O) groups excluding carboxylic acids is 2. The summed E-state index contributed by atoms with van der Waals surface area (Å²) in [6, 6.07) is 13.2. The lowest BCUT2D eigenvalue weighted by molar-refractivity contribution is 0.0963. The Bertz CT molecular complexity index is 1280. The maximum atomic E-state index is 12.5. The average Bonchev–Trinajstić information content (AvgIpc) is 3.36. The average molecular weight is 505 g/mol. The number of thiophene rings is 2. The van der Waals surface area contributed by atoms with Crippen molar-refractivity contribution in [1.82, 2.24) is 0 Å². The molecule has 0 saturated heterocycles. The van der Waals surface area contributed by atoms with E-state index in [9.17, 15) is 9.59 Å². The van der Waals surface area contributed by atoms with Crippen LogP contribution in [0.25, 0.3) is 20.2 Å². The number of benzene rings is 2. The van der Waals surface area contributed by atoms with Crippen LogP contribution in [-0.4, -0.2) is 11.6 Å². The second kappa shape index (κ2) is 10.8. The topological polar surface area (TPSA) is 34.1 Å². The third-order valence-corrected chi connectivity index (χ3v) is 8.86. The number of fused-ring (bicyclic) bond motifs is 2. The maximum Gasteiger partial charge on any atom is 0.173 e. The molecule has 184 valence electrons. The van der Waals surface area contributed by atoms with Gasteiger partial charge in [-0.25, -0.2) is 0 Å². The van der Waals surface area contributed by atoms with E-state index in [2.05, 4.69) is 77.9 Å². The largest absolute Gasteiger partial charge is 0.293 e. The number of hydrogen-bond acceptors (Lipinski definition) is 4. The number of aryl methyl sites for hydroxylation is 4. The van der Waals surface area contributed by atoms with Crippen molar-refractivity contribution in [2.24, 2.45) is 11.8 Å². The van der Waals surface area contributed by atoms with E-state index >= 15 is 0 Å². The lowest BCUT2D eigenvalue weighted by atomic mass is 9.96. The monoisotopic (exact) mass is 504 g/mol. The van der Waals surface area contributed by atoms with Crippen LogP contribution in [0.15, 0.2) is 36.4 Å². The molecule has 0 spiro atoms. The van der Waals surface area contributed by atoms with Crippen molar-refractivity contribution in [3.05, 3.63) is 68.4 Å². The lowest BCUT2D eigenvalue weighted by Crippen LogP contribution is -2.00. The summed E-state index contributed by atoms with van der Waals surface area (Å²) in [5.74, 6) is 1.28. The molecule has 2 aromatic carbocycles. The van der Waals surface area contributed by atoms with Gasteiger partial charge in [-0.2, -0.15) is 0 Å². The van der Waals surface area contributed by atoms with Crippen LogP contribution in [-0.2, 0) is 12.8 Å². The fraction of sp³-hybridized carbons (Fsp3) is 0.419. The maximum absolute atomic E-state index is 12.5. The summed E-state index contributed by atoms with van der Waals surface area (Å²) in [4.78, 5) is 26.8. The molecular formula is C31H36O2S2. The van der Waals surface area contributed by atoms with E-state index in [1.807, 2.05) is 0 Å². The van der Waals surface area contributed by atoms with Gasteiger partial charge in [0.25, 0.3) is 0 Å². The Morgan fingerprint density at radius 1 is 0.657 bits per heavy atom. The molecule has 0 aliphatic carbocycles. The Kier molecular flexibility index (Phi) is 7.92. The highest BCUT2D eigenvalue weighted by Crippen LogP contribution is 2.32. The highest BCUT2D eigenvalue weighted by Gasteiger charge is 2.15. The molecule has 0 N–H and O–H groups in total. The Balaban J connectivity index is 1.46. The molecule has 2 aromatic heterocycles. The van der Waals surface area contributed by atoms with Crippen molar-refractivity contribution in [3.63, 3.8) is 0 Å². The molecule has 35 heavy (non-hydrogen) atoms. The van der Waals surface area contributed by atoms with Gasteiger partial charge in [-0.1, -0.05) is 39.8 Å². The number of ketones is 2. The Hall–Kier alpha value is -2.30. The molecule has 2 nitrogen and oxygen atoms in total. The first-order valence-electron chi connectivity index (χ1n) is 12.7. The standard InChI is InChI=1S/C31H36O2S2/c1-18(2)10-26(32)30-16-24-14-22(20(5)12-28(24)34-30)8-7-9-23-15-25-17-31(27(33)11-19(3)4)35-29(25)13-21(23)6/h12-19H,7-11H2,1-6H3. The highest BCUT2D eigenvalue weighted by atomic mass is 32.1. The van der Waals surface area contributed by atoms with Gasteiger partial charge < -0.3 is 0 Å². The van der Waals surface area contributed by atoms with E-state index in [-0.39, 0.29) is 11.6 Å².